The molecule has 1 aliphatic heterocycles. The Kier molecular flexibility index (Phi) is 5.35. The molecule has 0 N–H and O–H groups in total. The highest BCUT2D eigenvalue weighted by molar-refractivity contribution is 6.42. The molecule has 2 unspecified atom stereocenters. The summed E-state index contributed by atoms with van der Waals surface area (Å²) in [7, 11) is 1.35. The molecule has 6 nitrogen and oxygen atoms in total. The number of halogens is 2. The van der Waals surface area contributed by atoms with Crippen LogP contribution in [0, 0.1) is 5.92 Å². The highest BCUT2D eigenvalue weighted by Crippen LogP contribution is 2.45. The predicted octanol–water partition coefficient (Wildman–Crippen LogP) is 5.69. The van der Waals surface area contributed by atoms with E-state index in [1.807, 2.05) is 18.2 Å². The minimum atomic E-state index is -0.392. The van der Waals surface area contributed by atoms with E-state index in [1.54, 1.807) is 35.1 Å². The molecule has 0 radical (unpaired) electrons. The smallest absolute Gasteiger partial charge is 0.337 e. The largest absolute Gasteiger partial charge is 0.465 e. The Morgan fingerprint density at radius 1 is 1.09 bits per heavy atom. The molecule has 1 aliphatic carbocycles. The molecule has 5 rings (SSSR count). The normalized spacial score (nSPS) is 19.7. The van der Waals surface area contributed by atoms with Crippen molar-refractivity contribution in [3.63, 3.8) is 0 Å². The highest BCUT2D eigenvalue weighted by atomic mass is 35.5. The molecule has 1 aromatic heterocycles. The van der Waals surface area contributed by atoms with Gasteiger partial charge in [-0.1, -0.05) is 41.4 Å². The third-order valence-electron chi connectivity index (χ3n) is 6.06. The second-order valence-electron chi connectivity index (χ2n) is 7.91. The van der Waals surface area contributed by atoms with Crippen LogP contribution in [0.1, 0.15) is 41.2 Å². The van der Waals surface area contributed by atoms with E-state index in [0.29, 0.717) is 27.8 Å². The third-order valence-corrected chi connectivity index (χ3v) is 6.80. The lowest BCUT2D eigenvalue weighted by Gasteiger charge is -2.35. The number of Topliss-reactive ketones (excluding diaryl/α,β-unsaturated/α-hetero) is 1. The number of aromatic nitrogens is 2. The van der Waals surface area contributed by atoms with Crippen LogP contribution in [0.25, 0.3) is 11.1 Å². The molecule has 1 saturated carbocycles. The van der Waals surface area contributed by atoms with E-state index in [9.17, 15) is 9.59 Å². The van der Waals surface area contributed by atoms with Crippen molar-refractivity contribution in [2.75, 3.05) is 7.11 Å². The van der Waals surface area contributed by atoms with Gasteiger partial charge in [-0.25, -0.2) is 14.5 Å². The average Bonchev–Trinajstić information content (AvgIpc) is 3.23. The number of hydrogen-bond donors (Lipinski definition) is 0. The van der Waals surface area contributed by atoms with Crippen LogP contribution >= 0.6 is 23.2 Å². The summed E-state index contributed by atoms with van der Waals surface area (Å²) in [5.41, 5.74) is 3.91. The Morgan fingerprint density at radius 2 is 1.88 bits per heavy atom. The molecule has 3 aromatic rings. The summed E-state index contributed by atoms with van der Waals surface area (Å²) in [6.45, 7) is 0. The molecule has 0 saturated heterocycles. The molecular formula is C24H19Cl2N3O3. The molecule has 2 atom stereocenters. The monoisotopic (exact) mass is 467 g/mol. The van der Waals surface area contributed by atoms with Crippen LogP contribution in [0.2, 0.25) is 10.0 Å². The molecular weight excluding hydrogens is 449 g/mol. The number of nitrogens with zero attached hydrogens (tertiary/aromatic N) is 3. The van der Waals surface area contributed by atoms with Gasteiger partial charge in [-0.2, -0.15) is 5.10 Å². The third kappa shape index (κ3) is 3.44. The lowest BCUT2D eigenvalue weighted by atomic mass is 9.77. The van der Waals surface area contributed by atoms with Gasteiger partial charge in [0.1, 0.15) is 5.78 Å². The molecule has 0 amide bonds. The lowest BCUT2D eigenvalue weighted by Crippen LogP contribution is -2.39. The SMILES string of the molecule is COC(=O)c1ccc(-c2cnn3c2N=C2CCCC(=O)C2C3c2ccc(Cl)c(Cl)c2)cc1. The quantitative estimate of drug-likeness (QED) is 0.463. The highest BCUT2D eigenvalue weighted by Gasteiger charge is 2.42. The number of hydrogen-bond acceptors (Lipinski definition) is 5. The number of fused-ring (bicyclic) bond motifs is 2. The van der Waals surface area contributed by atoms with Gasteiger partial charge in [-0.05, 0) is 48.2 Å². The fourth-order valence-electron chi connectivity index (χ4n) is 4.51. The number of benzene rings is 2. The van der Waals surface area contributed by atoms with Gasteiger partial charge in [0.25, 0.3) is 0 Å². The number of carbonyl (C=O) groups excluding carboxylic acids is 2. The predicted molar refractivity (Wildman–Crippen MR) is 123 cm³/mol. The van der Waals surface area contributed by atoms with Gasteiger partial charge in [0.05, 0.1) is 40.9 Å². The topological polar surface area (TPSA) is 73.5 Å². The zero-order chi connectivity index (χ0) is 22.4. The van der Waals surface area contributed by atoms with Crippen molar-refractivity contribution in [2.24, 2.45) is 10.9 Å². The second-order valence-corrected chi connectivity index (χ2v) is 8.73. The zero-order valence-corrected chi connectivity index (χ0v) is 18.7. The molecule has 2 heterocycles. The summed E-state index contributed by atoms with van der Waals surface area (Å²) in [5.74, 6) is 0.0871. The fraction of sp³-hybridized carbons (Fsp3) is 0.250. The van der Waals surface area contributed by atoms with Crippen LogP contribution in [0.4, 0.5) is 5.82 Å². The van der Waals surface area contributed by atoms with Crippen molar-refractivity contribution in [1.29, 1.82) is 0 Å². The molecule has 0 spiro atoms. The van der Waals surface area contributed by atoms with Crippen molar-refractivity contribution in [3.05, 3.63) is 69.8 Å². The summed E-state index contributed by atoms with van der Waals surface area (Å²) in [4.78, 5) is 29.6. The Balaban J connectivity index is 1.64. The van der Waals surface area contributed by atoms with E-state index in [-0.39, 0.29) is 17.7 Å². The minimum Gasteiger partial charge on any atom is -0.465 e. The Morgan fingerprint density at radius 3 is 2.59 bits per heavy atom. The van der Waals surface area contributed by atoms with Crippen molar-refractivity contribution in [1.82, 2.24) is 9.78 Å². The van der Waals surface area contributed by atoms with Crippen molar-refractivity contribution < 1.29 is 14.3 Å². The van der Waals surface area contributed by atoms with E-state index < -0.39 is 5.97 Å². The number of rotatable bonds is 3. The van der Waals surface area contributed by atoms with Crippen LogP contribution in [0.3, 0.4) is 0 Å². The first-order chi connectivity index (χ1) is 15.5. The molecule has 2 aromatic carbocycles. The maximum Gasteiger partial charge on any atom is 0.337 e. The Bertz CT molecular complexity index is 1260. The van der Waals surface area contributed by atoms with E-state index in [2.05, 4.69) is 5.10 Å². The summed E-state index contributed by atoms with van der Waals surface area (Å²) in [6, 6.07) is 12.2. The van der Waals surface area contributed by atoms with Crippen molar-refractivity contribution in [2.45, 2.75) is 25.3 Å². The van der Waals surface area contributed by atoms with Crippen LogP contribution in [-0.4, -0.2) is 34.4 Å². The van der Waals surface area contributed by atoms with Gasteiger partial charge in [-0.3, -0.25) is 4.79 Å². The Labute approximate surface area is 194 Å². The number of aliphatic imine (C=N–C) groups is 1. The van der Waals surface area contributed by atoms with Crippen LogP contribution < -0.4 is 0 Å². The minimum absolute atomic E-state index is 0.163. The molecule has 1 fully saturated rings. The molecule has 8 heteroatoms. The Hall–Kier alpha value is -2.96. The first-order valence-electron chi connectivity index (χ1n) is 10.3. The van der Waals surface area contributed by atoms with E-state index in [4.69, 9.17) is 32.9 Å². The van der Waals surface area contributed by atoms with Crippen LogP contribution in [-0.2, 0) is 9.53 Å². The zero-order valence-electron chi connectivity index (χ0n) is 17.2. The van der Waals surface area contributed by atoms with Gasteiger partial charge in [0, 0.05) is 17.7 Å². The summed E-state index contributed by atoms with van der Waals surface area (Å²) >= 11 is 12.4. The number of ketones is 1. The standard InChI is InChI=1S/C24H19Cl2N3O3/c1-32-24(31)14-7-5-13(6-8-14)16-12-27-29-22(15-9-10-17(25)18(26)11-15)21-19(28-23(16)29)3-2-4-20(21)30/h5-12,21-22H,2-4H2,1H3. The number of methoxy groups -OCH3 is 1. The molecule has 32 heavy (non-hydrogen) atoms. The second kappa shape index (κ2) is 8.19. The lowest BCUT2D eigenvalue weighted by molar-refractivity contribution is -0.122. The fourth-order valence-corrected chi connectivity index (χ4v) is 4.82. The van der Waals surface area contributed by atoms with Gasteiger partial charge in [0.2, 0.25) is 0 Å². The van der Waals surface area contributed by atoms with Gasteiger partial charge in [-0.15, -0.1) is 0 Å². The van der Waals surface area contributed by atoms with E-state index in [1.165, 1.54) is 7.11 Å². The maximum atomic E-state index is 13.0. The first kappa shape index (κ1) is 20.9. The summed E-state index contributed by atoms with van der Waals surface area (Å²) in [6.07, 6.45) is 3.83. The molecule has 2 aliphatic rings. The van der Waals surface area contributed by atoms with Gasteiger partial charge >= 0.3 is 5.97 Å². The van der Waals surface area contributed by atoms with Crippen LogP contribution in [0.15, 0.2) is 53.7 Å². The maximum absolute atomic E-state index is 13.0. The van der Waals surface area contributed by atoms with E-state index in [0.717, 1.165) is 35.2 Å². The average molecular weight is 468 g/mol. The van der Waals surface area contributed by atoms with Crippen molar-refractivity contribution in [3.8, 4) is 11.1 Å². The molecule has 0 bridgehead atoms. The van der Waals surface area contributed by atoms with E-state index >= 15 is 0 Å². The van der Waals surface area contributed by atoms with Crippen LogP contribution in [0.5, 0.6) is 0 Å². The summed E-state index contributed by atoms with van der Waals surface area (Å²) in [5, 5.41) is 5.53. The number of ether oxygens (including phenoxy) is 1. The molecule has 162 valence electrons. The number of carbonyl (C=O) groups is 2. The summed E-state index contributed by atoms with van der Waals surface area (Å²) < 4.78 is 6.58. The number of esters is 1. The van der Waals surface area contributed by atoms with Crippen molar-refractivity contribution >= 4 is 46.5 Å². The first-order valence-corrected chi connectivity index (χ1v) is 11.0. The van der Waals surface area contributed by atoms with Gasteiger partial charge in [0.15, 0.2) is 5.82 Å². The van der Waals surface area contributed by atoms with Gasteiger partial charge < -0.3 is 4.74 Å².